The summed E-state index contributed by atoms with van der Waals surface area (Å²) in [6.07, 6.45) is 18.6. The molecule has 4 fully saturated rings. The number of carbonyl (C=O) groups is 1. The molecule has 5 aliphatic carbocycles. The van der Waals surface area contributed by atoms with Crippen LogP contribution < -0.4 is 0 Å². The molecule has 0 aromatic rings. The third kappa shape index (κ3) is 2.40. The molecule has 5 aliphatic rings. The van der Waals surface area contributed by atoms with E-state index in [4.69, 9.17) is 0 Å². The zero-order valence-electron chi connectivity index (χ0n) is 12.3. The molecule has 20 heavy (non-hydrogen) atoms. The van der Waals surface area contributed by atoms with Crippen LogP contribution in [0.4, 0.5) is 0 Å². The molecule has 0 spiro atoms. The first-order valence-electron chi connectivity index (χ1n) is 8.63. The summed E-state index contributed by atoms with van der Waals surface area (Å²) in [5.74, 6) is 5.61. The summed E-state index contributed by atoms with van der Waals surface area (Å²) in [6.45, 7) is 0. The Labute approximate surface area is 122 Å². The number of rotatable bonds is 4. The minimum absolute atomic E-state index is 0.476. The number of hydrogen-bond acceptors (Lipinski definition) is 1. The summed E-state index contributed by atoms with van der Waals surface area (Å²) in [4.78, 5) is 12.4. The van der Waals surface area contributed by atoms with Crippen molar-refractivity contribution in [3.05, 3.63) is 24.3 Å². The van der Waals surface area contributed by atoms with Crippen molar-refractivity contribution in [2.75, 3.05) is 0 Å². The molecular weight excluding hydrogens is 244 g/mol. The summed E-state index contributed by atoms with van der Waals surface area (Å²) in [5.41, 5.74) is 0. The summed E-state index contributed by atoms with van der Waals surface area (Å²) in [7, 11) is 0. The van der Waals surface area contributed by atoms with E-state index < -0.39 is 0 Å². The van der Waals surface area contributed by atoms with Crippen molar-refractivity contribution < 1.29 is 4.79 Å². The van der Waals surface area contributed by atoms with Crippen molar-refractivity contribution in [3.8, 4) is 0 Å². The van der Waals surface area contributed by atoms with Gasteiger partial charge in [-0.05, 0) is 74.0 Å². The molecule has 0 radical (unpaired) electrons. The number of Topliss-reactive ketones (excluding diaryl/α,β-unsaturated/α-hetero) is 1. The van der Waals surface area contributed by atoms with Gasteiger partial charge >= 0.3 is 0 Å². The van der Waals surface area contributed by atoms with Gasteiger partial charge in [-0.3, -0.25) is 4.79 Å². The lowest BCUT2D eigenvalue weighted by atomic mass is 9.51. The highest BCUT2D eigenvalue weighted by Crippen LogP contribution is 2.57. The fourth-order valence-electron chi connectivity index (χ4n) is 5.79. The molecule has 4 bridgehead atoms. The van der Waals surface area contributed by atoms with Crippen molar-refractivity contribution in [2.24, 2.45) is 35.5 Å². The Bertz CT molecular complexity index is 417. The zero-order valence-corrected chi connectivity index (χ0v) is 12.3. The molecule has 4 saturated carbocycles. The Morgan fingerprint density at radius 2 is 1.60 bits per heavy atom. The van der Waals surface area contributed by atoms with E-state index in [1.165, 1.54) is 32.1 Å². The van der Waals surface area contributed by atoms with Crippen molar-refractivity contribution in [3.63, 3.8) is 0 Å². The summed E-state index contributed by atoms with van der Waals surface area (Å²) < 4.78 is 0. The van der Waals surface area contributed by atoms with Crippen LogP contribution in [0.1, 0.15) is 51.4 Å². The molecule has 0 aromatic heterocycles. The lowest BCUT2D eigenvalue weighted by Crippen LogP contribution is -2.45. The van der Waals surface area contributed by atoms with Crippen LogP contribution >= 0.6 is 0 Å². The molecule has 0 aromatic carbocycles. The average Bonchev–Trinajstić information content (AvgIpc) is 2.43. The standard InChI is InChI=1S/C19H26O/c20-18(11-13-4-2-1-3-5-13)12-19-16-7-14-6-15(9-16)10-17(19)8-14/h1-4,13-17,19H,5-12H2. The van der Waals surface area contributed by atoms with Crippen molar-refractivity contribution in [1.82, 2.24) is 0 Å². The summed E-state index contributed by atoms with van der Waals surface area (Å²) in [6, 6.07) is 0. The largest absolute Gasteiger partial charge is 0.300 e. The highest BCUT2D eigenvalue weighted by molar-refractivity contribution is 5.79. The van der Waals surface area contributed by atoms with Gasteiger partial charge < -0.3 is 0 Å². The van der Waals surface area contributed by atoms with Crippen molar-refractivity contribution in [2.45, 2.75) is 51.4 Å². The SMILES string of the molecule is O=C(CC1C=CC=CC1)CC1C2CC3CC(C2)CC1C3. The van der Waals surface area contributed by atoms with E-state index in [0.717, 1.165) is 48.9 Å². The quantitative estimate of drug-likeness (QED) is 0.733. The predicted octanol–water partition coefficient (Wildman–Crippen LogP) is 4.54. The maximum absolute atomic E-state index is 12.4. The van der Waals surface area contributed by atoms with Gasteiger partial charge in [0.2, 0.25) is 0 Å². The van der Waals surface area contributed by atoms with Gasteiger partial charge in [0, 0.05) is 12.8 Å². The van der Waals surface area contributed by atoms with Gasteiger partial charge in [0.1, 0.15) is 5.78 Å². The second-order valence-electron chi connectivity index (χ2n) is 7.85. The van der Waals surface area contributed by atoms with E-state index in [1.54, 1.807) is 0 Å². The Morgan fingerprint density at radius 3 is 2.20 bits per heavy atom. The number of carbonyl (C=O) groups excluding carboxylic acids is 1. The van der Waals surface area contributed by atoms with Crippen LogP contribution in [-0.2, 0) is 4.79 Å². The third-order valence-corrected chi connectivity index (χ3v) is 6.44. The first-order chi connectivity index (χ1) is 9.78. The van der Waals surface area contributed by atoms with Gasteiger partial charge in [-0.2, -0.15) is 0 Å². The molecule has 0 heterocycles. The smallest absolute Gasteiger partial charge is 0.133 e. The van der Waals surface area contributed by atoms with Gasteiger partial charge in [-0.1, -0.05) is 24.3 Å². The molecule has 1 atom stereocenters. The molecule has 1 heteroatoms. The lowest BCUT2D eigenvalue weighted by Gasteiger charge is -2.54. The molecule has 0 N–H and O–H groups in total. The maximum atomic E-state index is 12.4. The van der Waals surface area contributed by atoms with Crippen LogP contribution in [-0.4, -0.2) is 5.78 Å². The first kappa shape index (κ1) is 12.9. The first-order valence-corrected chi connectivity index (χ1v) is 8.63. The fourth-order valence-corrected chi connectivity index (χ4v) is 5.79. The van der Waals surface area contributed by atoms with Gasteiger partial charge in [0.05, 0.1) is 0 Å². The normalized spacial score (nSPS) is 45.0. The molecule has 1 unspecified atom stereocenters. The van der Waals surface area contributed by atoms with Gasteiger partial charge in [-0.25, -0.2) is 0 Å². The summed E-state index contributed by atoms with van der Waals surface area (Å²) >= 11 is 0. The number of ketones is 1. The average molecular weight is 270 g/mol. The molecule has 0 amide bonds. The molecule has 1 nitrogen and oxygen atoms in total. The summed E-state index contributed by atoms with van der Waals surface area (Å²) in [5, 5.41) is 0. The topological polar surface area (TPSA) is 17.1 Å². The van der Waals surface area contributed by atoms with E-state index in [-0.39, 0.29) is 0 Å². The van der Waals surface area contributed by atoms with Crippen molar-refractivity contribution >= 4 is 5.78 Å². The van der Waals surface area contributed by atoms with Crippen LogP contribution in [0, 0.1) is 35.5 Å². The van der Waals surface area contributed by atoms with Gasteiger partial charge in [-0.15, -0.1) is 0 Å². The van der Waals surface area contributed by atoms with Gasteiger partial charge in [0.25, 0.3) is 0 Å². The second kappa shape index (κ2) is 5.16. The minimum atomic E-state index is 0.476. The Morgan fingerprint density at radius 1 is 0.900 bits per heavy atom. The second-order valence-corrected chi connectivity index (χ2v) is 7.85. The number of hydrogen-bond donors (Lipinski definition) is 0. The highest BCUT2D eigenvalue weighted by atomic mass is 16.1. The predicted molar refractivity (Wildman–Crippen MR) is 81.2 cm³/mol. The van der Waals surface area contributed by atoms with Crippen LogP contribution in [0.15, 0.2) is 24.3 Å². The zero-order chi connectivity index (χ0) is 13.5. The van der Waals surface area contributed by atoms with E-state index in [2.05, 4.69) is 24.3 Å². The van der Waals surface area contributed by atoms with Crippen LogP contribution in [0.25, 0.3) is 0 Å². The maximum Gasteiger partial charge on any atom is 0.133 e. The van der Waals surface area contributed by atoms with Crippen LogP contribution in [0.5, 0.6) is 0 Å². The number of allylic oxidation sites excluding steroid dienone is 4. The third-order valence-electron chi connectivity index (χ3n) is 6.44. The van der Waals surface area contributed by atoms with Gasteiger partial charge in [0.15, 0.2) is 0 Å². The lowest BCUT2D eigenvalue weighted by molar-refractivity contribution is -0.124. The molecule has 5 rings (SSSR count). The minimum Gasteiger partial charge on any atom is -0.300 e. The molecule has 0 aliphatic heterocycles. The Kier molecular flexibility index (Phi) is 3.32. The molecule has 0 saturated heterocycles. The Balaban J connectivity index is 1.36. The van der Waals surface area contributed by atoms with E-state index >= 15 is 0 Å². The van der Waals surface area contributed by atoms with E-state index in [0.29, 0.717) is 11.7 Å². The Hall–Kier alpha value is -0.850. The van der Waals surface area contributed by atoms with Crippen LogP contribution in [0.2, 0.25) is 0 Å². The fraction of sp³-hybridized carbons (Fsp3) is 0.737. The monoisotopic (exact) mass is 270 g/mol. The van der Waals surface area contributed by atoms with Crippen LogP contribution in [0.3, 0.4) is 0 Å². The highest BCUT2D eigenvalue weighted by Gasteiger charge is 2.48. The van der Waals surface area contributed by atoms with Crippen molar-refractivity contribution in [1.29, 1.82) is 0 Å². The molecular formula is C19H26O. The van der Waals surface area contributed by atoms with E-state index in [1.807, 2.05) is 0 Å². The molecule has 108 valence electrons. The van der Waals surface area contributed by atoms with E-state index in [9.17, 15) is 4.79 Å².